The molecule has 1 aliphatic carbocycles. The number of nitrogens with one attached hydrogen (secondary N) is 1. The monoisotopic (exact) mass is 428 g/mol. The van der Waals surface area contributed by atoms with Crippen molar-refractivity contribution in [3.8, 4) is 0 Å². The van der Waals surface area contributed by atoms with E-state index in [1.807, 2.05) is 13.8 Å². The maximum absolute atomic E-state index is 13.0. The van der Waals surface area contributed by atoms with Gasteiger partial charge in [-0.25, -0.2) is 0 Å². The number of nitrogens with zero attached hydrogens (tertiary/aromatic N) is 1. The highest BCUT2D eigenvalue weighted by Gasteiger charge is 2.40. The molecule has 0 spiro atoms. The van der Waals surface area contributed by atoms with Crippen LogP contribution >= 0.6 is 0 Å². The van der Waals surface area contributed by atoms with Gasteiger partial charge in [0.1, 0.15) is 6.10 Å². The third-order valence-corrected chi connectivity index (χ3v) is 6.65. The zero-order valence-corrected chi connectivity index (χ0v) is 19.2. The standard InChI is InChI=1S/C25H36N2O4/c1-5-29-14-19(15-30-6-2)31-25(28)17-10-21-20-8-7-9-23-24(20)18(11-22(21)26-12-17)13-27(23)16(3)4/h7-9,13,16-17,19,21-22,26H,5-6,10-12,14-15H2,1-4H3. The first-order valence-electron chi connectivity index (χ1n) is 11.7. The van der Waals surface area contributed by atoms with Gasteiger partial charge in [0, 0.05) is 54.9 Å². The van der Waals surface area contributed by atoms with Crippen LogP contribution in [0.3, 0.4) is 0 Å². The predicted octanol–water partition coefficient (Wildman–Crippen LogP) is 3.82. The van der Waals surface area contributed by atoms with Crippen LogP contribution in [0.1, 0.15) is 57.2 Å². The molecule has 4 rings (SSSR count). The van der Waals surface area contributed by atoms with Gasteiger partial charge in [0.2, 0.25) is 0 Å². The molecule has 3 atom stereocenters. The van der Waals surface area contributed by atoms with Crippen molar-refractivity contribution < 1.29 is 19.0 Å². The summed E-state index contributed by atoms with van der Waals surface area (Å²) in [7, 11) is 0. The second-order valence-electron chi connectivity index (χ2n) is 9.03. The lowest BCUT2D eigenvalue weighted by atomic mass is 9.73. The van der Waals surface area contributed by atoms with E-state index in [9.17, 15) is 4.79 Å². The van der Waals surface area contributed by atoms with E-state index >= 15 is 0 Å². The Morgan fingerprint density at radius 2 is 1.94 bits per heavy atom. The van der Waals surface area contributed by atoms with Crippen molar-refractivity contribution in [1.82, 2.24) is 9.88 Å². The Kier molecular flexibility index (Phi) is 6.99. The normalized spacial score (nSPS) is 22.8. The Hall–Kier alpha value is -1.89. The summed E-state index contributed by atoms with van der Waals surface area (Å²) in [5.41, 5.74) is 4.09. The molecule has 1 aromatic carbocycles. The molecular weight excluding hydrogens is 392 g/mol. The van der Waals surface area contributed by atoms with Crippen LogP contribution in [0.5, 0.6) is 0 Å². The largest absolute Gasteiger partial charge is 0.457 e. The van der Waals surface area contributed by atoms with Gasteiger partial charge in [-0.15, -0.1) is 0 Å². The fourth-order valence-electron chi connectivity index (χ4n) is 5.16. The smallest absolute Gasteiger partial charge is 0.310 e. The van der Waals surface area contributed by atoms with E-state index in [1.165, 1.54) is 22.0 Å². The lowest BCUT2D eigenvalue weighted by Gasteiger charge is -2.39. The number of carbonyl (C=O) groups is 1. The van der Waals surface area contributed by atoms with Gasteiger partial charge >= 0.3 is 5.97 Å². The molecule has 0 radical (unpaired) electrons. The van der Waals surface area contributed by atoms with Gasteiger partial charge in [0.15, 0.2) is 0 Å². The lowest BCUT2D eigenvalue weighted by molar-refractivity contribution is -0.162. The number of fused-ring (bicyclic) bond motifs is 2. The Labute approximate surface area is 185 Å². The van der Waals surface area contributed by atoms with Gasteiger partial charge < -0.3 is 24.1 Å². The average Bonchev–Trinajstić information content (AvgIpc) is 3.15. The number of aromatic nitrogens is 1. The van der Waals surface area contributed by atoms with Gasteiger partial charge in [-0.3, -0.25) is 4.79 Å². The number of esters is 1. The summed E-state index contributed by atoms with van der Waals surface area (Å²) < 4.78 is 19.2. The van der Waals surface area contributed by atoms with Crippen LogP contribution < -0.4 is 5.32 Å². The summed E-state index contributed by atoms with van der Waals surface area (Å²) in [6, 6.07) is 7.42. The number of rotatable bonds is 9. The van der Waals surface area contributed by atoms with E-state index in [0.717, 1.165) is 12.8 Å². The minimum absolute atomic E-state index is 0.145. The Morgan fingerprint density at radius 1 is 1.19 bits per heavy atom. The minimum Gasteiger partial charge on any atom is -0.457 e. The molecule has 2 heterocycles. The lowest BCUT2D eigenvalue weighted by Crippen LogP contribution is -2.49. The fraction of sp³-hybridized carbons (Fsp3) is 0.640. The van der Waals surface area contributed by atoms with Crippen molar-refractivity contribution in [3.63, 3.8) is 0 Å². The molecule has 1 aliphatic heterocycles. The summed E-state index contributed by atoms with van der Waals surface area (Å²) in [4.78, 5) is 13.0. The van der Waals surface area contributed by atoms with E-state index in [1.54, 1.807) is 0 Å². The third-order valence-electron chi connectivity index (χ3n) is 6.65. The van der Waals surface area contributed by atoms with Crippen molar-refractivity contribution in [3.05, 3.63) is 35.5 Å². The Bertz CT molecular complexity index is 898. The van der Waals surface area contributed by atoms with Gasteiger partial charge in [-0.2, -0.15) is 0 Å². The average molecular weight is 429 g/mol. The number of benzene rings is 1. The van der Waals surface area contributed by atoms with Crippen LogP contribution in [-0.2, 0) is 25.4 Å². The Balaban J connectivity index is 1.51. The van der Waals surface area contributed by atoms with E-state index in [4.69, 9.17) is 14.2 Å². The highest BCUT2D eigenvalue weighted by molar-refractivity contribution is 5.89. The fourth-order valence-corrected chi connectivity index (χ4v) is 5.16. The van der Waals surface area contributed by atoms with Gasteiger partial charge in [0.25, 0.3) is 0 Å². The van der Waals surface area contributed by atoms with Crippen molar-refractivity contribution in [1.29, 1.82) is 0 Å². The maximum atomic E-state index is 13.0. The van der Waals surface area contributed by atoms with Crippen LogP contribution in [0.15, 0.2) is 24.4 Å². The first-order chi connectivity index (χ1) is 15.0. The minimum atomic E-state index is -0.355. The number of hydrogen-bond donors (Lipinski definition) is 1. The summed E-state index contributed by atoms with van der Waals surface area (Å²) in [6.45, 7) is 10.9. The zero-order chi connectivity index (χ0) is 22.0. The molecule has 0 saturated carbocycles. The van der Waals surface area contributed by atoms with E-state index in [2.05, 4.69) is 48.1 Å². The molecule has 1 saturated heterocycles. The molecule has 31 heavy (non-hydrogen) atoms. The van der Waals surface area contributed by atoms with Crippen LogP contribution in [0.25, 0.3) is 10.9 Å². The summed E-state index contributed by atoms with van der Waals surface area (Å²) in [5.74, 6) is 0.0202. The van der Waals surface area contributed by atoms with Gasteiger partial charge in [-0.1, -0.05) is 12.1 Å². The predicted molar refractivity (Wildman–Crippen MR) is 122 cm³/mol. The molecule has 1 fully saturated rings. The van der Waals surface area contributed by atoms with Gasteiger partial charge in [0.05, 0.1) is 19.1 Å². The molecule has 1 N–H and O–H groups in total. The van der Waals surface area contributed by atoms with Gasteiger partial charge in [-0.05, 0) is 57.7 Å². The van der Waals surface area contributed by atoms with Crippen molar-refractivity contribution in [2.75, 3.05) is 33.0 Å². The molecule has 6 heteroatoms. The quantitative estimate of drug-likeness (QED) is 0.615. The molecule has 170 valence electrons. The molecule has 3 unspecified atom stereocenters. The second-order valence-corrected chi connectivity index (χ2v) is 9.03. The summed E-state index contributed by atoms with van der Waals surface area (Å²) in [5, 5.41) is 5.05. The molecule has 2 aliphatic rings. The SMILES string of the molecule is CCOCC(COCC)OC(=O)C1CNC2Cc3cn(C(C)C)c4cccc(c34)C2C1. The number of ether oxygens (including phenoxy) is 3. The number of hydrogen-bond acceptors (Lipinski definition) is 5. The summed E-state index contributed by atoms with van der Waals surface area (Å²) in [6.07, 6.45) is 3.80. The molecule has 2 aromatic rings. The molecular formula is C25H36N2O4. The van der Waals surface area contributed by atoms with Crippen molar-refractivity contribution >= 4 is 16.9 Å². The van der Waals surface area contributed by atoms with Crippen molar-refractivity contribution in [2.24, 2.45) is 5.92 Å². The summed E-state index contributed by atoms with van der Waals surface area (Å²) >= 11 is 0. The number of carbonyl (C=O) groups excluding carboxylic acids is 1. The van der Waals surface area contributed by atoms with Crippen LogP contribution in [0.4, 0.5) is 0 Å². The first kappa shape index (κ1) is 22.3. The highest BCUT2D eigenvalue weighted by atomic mass is 16.6. The van der Waals surface area contributed by atoms with E-state index < -0.39 is 0 Å². The topological polar surface area (TPSA) is 61.7 Å². The van der Waals surface area contributed by atoms with E-state index in [0.29, 0.717) is 51.0 Å². The Morgan fingerprint density at radius 3 is 2.61 bits per heavy atom. The zero-order valence-electron chi connectivity index (χ0n) is 19.2. The van der Waals surface area contributed by atoms with E-state index in [-0.39, 0.29) is 18.0 Å². The molecule has 1 aromatic heterocycles. The third kappa shape index (κ3) is 4.52. The number of piperidine rings is 1. The molecule has 6 nitrogen and oxygen atoms in total. The second kappa shape index (κ2) is 9.72. The first-order valence-corrected chi connectivity index (χ1v) is 11.7. The maximum Gasteiger partial charge on any atom is 0.310 e. The van der Waals surface area contributed by atoms with Crippen LogP contribution in [0.2, 0.25) is 0 Å². The van der Waals surface area contributed by atoms with Crippen LogP contribution in [0, 0.1) is 5.92 Å². The van der Waals surface area contributed by atoms with Crippen molar-refractivity contribution in [2.45, 2.75) is 64.6 Å². The highest BCUT2D eigenvalue weighted by Crippen LogP contribution is 2.43. The van der Waals surface area contributed by atoms with Crippen LogP contribution in [-0.4, -0.2) is 55.7 Å². The molecule has 0 bridgehead atoms. The molecule has 0 amide bonds.